The predicted molar refractivity (Wildman–Crippen MR) is 111 cm³/mol. The van der Waals surface area contributed by atoms with Gasteiger partial charge >= 0.3 is 0 Å². The minimum atomic E-state index is -0.467. The van der Waals surface area contributed by atoms with Crippen LogP contribution in [0.1, 0.15) is 16.7 Å². The van der Waals surface area contributed by atoms with Crippen molar-refractivity contribution in [2.45, 2.75) is 20.8 Å². The molecule has 1 aliphatic rings. The lowest BCUT2D eigenvalue weighted by Gasteiger charge is -2.36. The molecule has 1 saturated heterocycles. The maximum absolute atomic E-state index is 12.4. The monoisotopic (exact) mass is 382 g/mol. The first-order valence-electron chi connectivity index (χ1n) is 9.43. The van der Waals surface area contributed by atoms with Crippen LogP contribution < -0.4 is 10.2 Å². The number of nitro groups is 1. The molecule has 2 aromatic rings. The minimum absolute atomic E-state index is 0.0758. The van der Waals surface area contributed by atoms with Gasteiger partial charge in [0.05, 0.1) is 11.5 Å². The number of piperazine rings is 1. The van der Waals surface area contributed by atoms with Crippen LogP contribution in [0, 0.1) is 30.9 Å². The van der Waals surface area contributed by atoms with Gasteiger partial charge in [0.1, 0.15) is 5.69 Å². The lowest BCUT2D eigenvalue weighted by Crippen LogP contribution is -2.48. The van der Waals surface area contributed by atoms with Gasteiger partial charge in [-0.2, -0.15) is 0 Å². The van der Waals surface area contributed by atoms with Gasteiger partial charge in [0, 0.05) is 37.9 Å². The van der Waals surface area contributed by atoms with E-state index in [0.717, 1.165) is 31.7 Å². The summed E-state index contributed by atoms with van der Waals surface area (Å²) < 4.78 is 0. The van der Waals surface area contributed by atoms with E-state index in [1.807, 2.05) is 0 Å². The number of nitrogens with one attached hydrogen (secondary N) is 1. The van der Waals surface area contributed by atoms with Gasteiger partial charge in [0.15, 0.2) is 0 Å². The number of nitro benzene ring substituents is 1. The smallest absolute Gasteiger partial charge is 0.293 e. The summed E-state index contributed by atoms with van der Waals surface area (Å²) in [4.78, 5) is 27.6. The zero-order valence-corrected chi connectivity index (χ0v) is 16.6. The van der Waals surface area contributed by atoms with Crippen LogP contribution in [0.5, 0.6) is 0 Å². The zero-order valence-electron chi connectivity index (χ0n) is 16.6. The fourth-order valence-electron chi connectivity index (χ4n) is 3.52. The number of rotatable bonds is 5. The number of carbonyl (C=O) groups is 1. The average molecular weight is 382 g/mol. The third-order valence-corrected chi connectivity index (χ3v) is 5.28. The van der Waals surface area contributed by atoms with E-state index in [4.69, 9.17) is 0 Å². The average Bonchev–Trinajstić information content (AvgIpc) is 2.66. The molecule has 0 unspecified atom stereocenters. The summed E-state index contributed by atoms with van der Waals surface area (Å²) in [5.41, 5.74) is 4.77. The molecule has 0 bridgehead atoms. The van der Waals surface area contributed by atoms with Gasteiger partial charge in [0.25, 0.3) is 5.69 Å². The number of anilines is 2. The molecule has 1 aliphatic heterocycles. The highest BCUT2D eigenvalue weighted by molar-refractivity contribution is 5.94. The minimum Gasteiger partial charge on any atom is -0.369 e. The van der Waals surface area contributed by atoms with Crippen molar-refractivity contribution in [1.82, 2.24) is 4.90 Å². The molecule has 1 N–H and O–H groups in total. The molecule has 0 saturated carbocycles. The molecule has 148 valence electrons. The van der Waals surface area contributed by atoms with E-state index in [1.165, 1.54) is 22.9 Å². The number of aryl methyl sites for hydroxylation is 2. The van der Waals surface area contributed by atoms with E-state index >= 15 is 0 Å². The van der Waals surface area contributed by atoms with Gasteiger partial charge in [-0.3, -0.25) is 19.8 Å². The Morgan fingerprint density at radius 3 is 2.50 bits per heavy atom. The number of benzene rings is 2. The first kappa shape index (κ1) is 19.8. The first-order chi connectivity index (χ1) is 13.3. The largest absolute Gasteiger partial charge is 0.369 e. The summed E-state index contributed by atoms with van der Waals surface area (Å²) in [6.07, 6.45) is 0. The number of hydrogen-bond acceptors (Lipinski definition) is 5. The molecule has 7 nitrogen and oxygen atoms in total. The van der Waals surface area contributed by atoms with E-state index in [1.54, 1.807) is 19.1 Å². The highest BCUT2D eigenvalue weighted by atomic mass is 16.6. The standard InChI is InChI=1S/C21H26N4O3/c1-15-7-8-18(20(13-15)25(27)28)22-21(26)14-23-9-11-24(12-10-23)19-6-4-5-16(2)17(19)3/h4-8,13H,9-12,14H2,1-3H3,(H,22,26). The summed E-state index contributed by atoms with van der Waals surface area (Å²) in [7, 11) is 0. The summed E-state index contributed by atoms with van der Waals surface area (Å²) >= 11 is 0. The fourth-order valence-corrected chi connectivity index (χ4v) is 3.52. The van der Waals surface area contributed by atoms with Gasteiger partial charge in [-0.05, 0) is 49.6 Å². The molecule has 0 spiro atoms. The molecular weight excluding hydrogens is 356 g/mol. The summed E-state index contributed by atoms with van der Waals surface area (Å²) in [5, 5.41) is 13.9. The van der Waals surface area contributed by atoms with Crippen molar-refractivity contribution < 1.29 is 9.72 Å². The summed E-state index contributed by atoms with van der Waals surface area (Å²) in [5.74, 6) is -0.230. The van der Waals surface area contributed by atoms with Gasteiger partial charge in [0.2, 0.25) is 5.91 Å². The second-order valence-electron chi connectivity index (χ2n) is 7.31. The van der Waals surface area contributed by atoms with Crippen LogP contribution in [0.15, 0.2) is 36.4 Å². The molecule has 0 atom stereocenters. The van der Waals surface area contributed by atoms with Crippen molar-refractivity contribution >= 4 is 23.0 Å². The van der Waals surface area contributed by atoms with Gasteiger partial charge < -0.3 is 10.2 Å². The highest BCUT2D eigenvalue weighted by Crippen LogP contribution is 2.26. The van der Waals surface area contributed by atoms with Crippen LogP contribution in [0.2, 0.25) is 0 Å². The molecule has 3 rings (SSSR count). The van der Waals surface area contributed by atoms with Crippen LogP contribution >= 0.6 is 0 Å². The summed E-state index contributed by atoms with van der Waals surface area (Å²) in [6, 6.07) is 11.1. The third kappa shape index (κ3) is 4.48. The van der Waals surface area contributed by atoms with Crippen LogP contribution in [0.4, 0.5) is 17.1 Å². The van der Waals surface area contributed by atoms with Crippen molar-refractivity contribution in [3.8, 4) is 0 Å². The van der Waals surface area contributed by atoms with Crippen molar-refractivity contribution in [3.05, 3.63) is 63.2 Å². The second-order valence-corrected chi connectivity index (χ2v) is 7.31. The maximum atomic E-state index is 12.4. The molecule has 0 aliphatic carbocycles. The normalized spacial score (nSPS) is 14.8. The fraction of sp³-hybridized carbons (Fsp3) is 0.381. The van der Waals surface area contributed by atoms with E-state index in [-0.39, 0.29) is 23.8 Å². The highest BCUT2D eigenvalue weighted by Gasteiger charge is 2.22. The van der Waals surface area contributed by atoms with Crippen LogP contribution in [0.25, 0.3) is 0 Å². The van der Waals surface area contributed by atoms with Gasteiger partial charge in [-0.25, -0.2) is 0 Å². The predicted octanol–water partition coefficient (Wildman–Crippen LogP) is 3.28. The van der Waals surface area contributed by atoms with E-state index in [2.05, 4.69) is 47.2 Å². The Balaban J connectivity index is 1.57. The number of amides is 1. The summed E-state index contributed by atoms with van der Waals surface area (Å²) in [6.45, 7) is 9.51. The zero-order chi connectivity index (χ0) is 20.3. The van der Waals surface area contributed by atoms with Crippen LogP contribution in [0.3, 0.4) is 0 Å². The maximum Gasteiger partial charge on any atom is 0.293 e. The lowest BCUT2D eigenvalue weighted by atomic mass is 10.1. The molecular formula is C21H26N4O3. The van der Waals surface area contributed by atoms with E-state index in [0.29, 0.717) is 0 Å². The van der Waals surface area contributed by atoms with E-state index in [9.17, 15) is 14.9 Å². The Hall–Kier alpha value is -2.93. The Morgan fingerprint density at radius 2 is 1.82 bits per heavy atom. The molecule has 0 aromatic heterocycles. The Kier molecular flexibility index (Phi) is 5.94. The first-order valence-corrected chi connectivity index (χ1v) is 9.43. The topological polar surface area (TPSA) is 78.7 Å². The lowest BCUT2D eigenvalue weighted by molar-refractivity contribution is -0.384. The molecule has 1 heterocycles. The second kappa shape index (κ2) is 8.39. The van der Waals surface area contributed by atoms with Crippen molar-refractivity contribution in [1.29, 1.82) is 0 Å². The van der Waals surface area contributed by atoms with Gasteiger partial charge in [-0.15, -0.1) is 0 Å². The quantitative estimate of drug-likeness (QED) is 0.634. The van der Waals surface area contributed by atoms with Crippen molar-refractivity contribution in [2.24, 2.45) is 0 Å². The Labute approximate surface area is 165 Å². The van der Waals surface area contributed by atoms with Crippen molar-refractivity contribution in [2.75, 3.05) is 42.9 Å². The number of nitrogens with zero attached hydrogens (tertiary/aromatic N) is 3. The number of hydrogen-bond donors (Lipinski definition) is 1. The molecule has 2 aromatic carbocycles. The molecule has 28 heavy (non-hydrogen) atoms. The Morgan fingerprint density at radius 1 is 1.11 bits per heavy atom. The molecule has 0 radical (unpaired) electrons. The Bertz CT molecular complexity index is 889. The van der Waals surface area contributed by atoms with E-state index < -0.39 is 4.92 Å². The van der Waals surface area contributed by atoms with Crippen LogP contribution in [-0.2, 0) is 4.79 Å². The van der Waals surface area contributed by atoms with Crippen molar-refractivity contribution in [3.63, 3.8) is 0 Å². The molecule has 1 fully saturated rings. The molecule has 1 amide bonds. The SMILES string of the molecule is Cc1ccc(NC(=O)CN2CCN(c3cccc(C)c3C)CC2)c([N+](=O)[O-])c1. The van der Waals surface area contributed by atoms with Crippen LogP contribution in [-0.4, -0.2) is 48.5 Å². The van der Waals surface area contributed by atoms with Gasteiger partial charge in [-0.1, -0.05) is 18.2 Å². The molecule has 7 heteroatoms. The third-order valence-electron chi connectivity index (χ3n) is 5.28. The number of carbonyl (C=O) groups excluding carboxylic acids is 1.